The molecule has 0 aromatic heterocycles. The first kappa shape index (κ1) is 35.9. The van der Waals surface area contributed by atoms with Crippen molar-refractivity contribution in [2.45, 2.75) is 129 Å². The van der Waals surface area contributed by atoms with E-state index in [9.17, 15) is 19.2 Å². The third-order valence-corrected chi connectivity index (χ3v) is 5.73. The molecule has 2 aliphatic rings. The molecule has 0 bridgehead atoms. The van der Waals surface area contributed by atoms with Crippen LogP contribution in [0.25, 0.3) is 0 Å². The van der Waals surface area contributed by atoms with Gasteiger partial charge in [0.1, 0.15) is 0 Å². The minimum absolute atomic E-state index is 0. The van der Waals surface area contributed by atoms with Gasteiger partial charge in [0.05, 0.1) is 11.8 Å². The molecule has 2 unspecified atom stereocenters. The molecule has 0 radical (unpaired) electrons. The number of rotatable bonds is 0. The molecule has 0 aromatic carbocycles. The summed E-state index contributed by atoms with van der Waals surface area (Å²) in [6.07, 6.45) is 0.721. The minimum Gasteiger partial charge on any atom is -0.277 e. The van der Waals surface area contributed by atoms with Crippen molar-refractivity contribution in [3.8, 4) is 0 Å². The molecule has 6 heteroatoms. The fourth-order valence-electron chi connectivity index (χ4n) is 4.03. The molecule has 0 aromatic rings. The van der Waals surface area contributed by atoms with Crippen molar-refractivity contribution >= 4 is 23.6 Å². The lowest BCUT2D eigenvalue weighted by molar-refractivity contribution is -0.147. The average Bonchev–Trinajstić information content (AvgIpc) is 2.93. The van der Waals surface area contributed by atoms with Gasteiger partial charge in [-0.05, 0) is 52.4 Å². The van der Waals surface area contributed by atoms with Gasteiger partial charge in [0.2, 0.25) is 23.6 Å². The molecule has 2 heterocycles. The van der Waals surface area contributed by atoms with Gasteiger partial charge in [0, 0.05) is 23.9 Å². The Kier molecular flexibility index (Phi) is 12.1. The average molecular weight is 471 g/mol. The summed E-state index contributed by atoms with van der Waals surface area (Å²) in [5.74, 6) is -0.423. The first-order valence-corrected chi connectivity index (χ1v) is 10.8. The maximum absolute atomic E-state index is 12.1. The van der Waals surface area contributed by atoms with E-state index >= 15 is 0 Å². The molecule has 0 saturated carbocycles. The molecule has 2 aliphatic heterocycles. The van der Waals surface area contributed by atoms with Gasteiger partial charge in [0.25, 0.3) is 0 Å². The third kappa shape index (κ3) is 8.22. The van der Waals surface area contributed by atoms with Crippen LogP contribution in [-0.4, -0.2) is 44.5 Å². The van der Waals surface area contributed by atoms with Gasteiger partial charge in [-0.25, -0.2) is 0 Å². The van der Waals surface area contributed by atoms with Crippen LogP contribution in [0.5, 0.6) is 0 Å². The van der Waals surface area contributed by atoms with Crippen LogP contribution >= 0.6 is 0 Å². The second kappa shape index (κ2) is 11.1. The van der Waals surface area contributed by atoms with Crippen molar-refractivity contribution in [1.82, 2.24) is 9.80 Å². The van der Waals surface area contributed by atoms with Crippen molar-refractivity contribution in [2.75, 3.05) is 0 Å². The van der Waals surface area contributed by atoms with E-state index in [4.69, 9.17) is 0 Å². The number of carbonyl (C=O) groups excluding carboxylic acids is 4. The van der Waals surface area contributed by atoms with Crippen molar-refractivity contribution in [2.24, 2.45) is 22.7 Å². The molecule has 0 aliphatic carbocycles. The Balaban J connectivity index is -0.000000500. The van der Waals surface area contributed by atoms with Crippen molar-refractivity contribution in [3.63, 3.8) is 0 Å². The number of nitrogens with zero attached hydrogens (tertiary/aromatic N) is 2. The molecule has 2 rings (SSSR count). The number of carbonyl (C=O) groups is 4. The smallest absolute Gasteiger partial charge is 0.233 e. The topological polar surface area (TPSA) is 74.8 Å². The standard InChI is InChI=1S/2C12H21NO2.3CH4/c2*1-11(2,3)8-7-9(14)13(10(8)15)12(4,5)6;;;/h2*8H,7H2,1-6H3;3*1H4. The molecule has 196 valence electrons. The number of amides is 4. The van der Waals surface area contributed by atoms with E-state index in [-0.39, 0.29) is 68.6 Å². The highest BCUT2D eigenvalue weighted by molar-refractivity contribution is 6.05. The second-order valence-electron chi connectivity index (χ2n) is 12.7. The fourth-order valence-corrected chi connectivity index (χ4v) is 4.03. The van der Waals surface area contributed by atoms with E-state index in [1.807, 2.05) is 83.1 Å². The fraction of sp³-hybridized carbons (Fsp3) is 0.852. The summed E-state index contributed by atoms with van der Waals surface area (Å²) in [4.78, 5) is 50.7. The van der Waals surface area contributed by atoms with Crippen LogP contribution < -0.4 is 0 Å². The predicted molar refractivity (Wildman–Crippen MR) is 139 cm³/mol. The van der Waals surface area contributed by atoms with Crippen LogP contribution in [0, 0.1) is 22.7 Å². The molecule has 0 N–H and O–H groups in total. The molecule has 4 amide bonds. The maximum atomic E-state index is 12.1. The molecule has 2 saturated heterocycles. The van der Waals surface area contributed by atoms with Crippen LogP contribution in [0.3, 0.4) is 0 Å². The Morgan fingerprint density at radius 1 is 0.515 bits per heavy atom. The summed E-state index contributed by atoms with van der Waals surface area (Å²) >= 11 is 0. The summed E-state index contributed by atoms with van der Waals surface area (Å²) in [6.45, 7) is 23.4. The van der Waals surface area contributed by atoms with Crippen molar-refractivity contribution < 1.29 is 19.2 Å². The van der Waals surface area contributed by atoms with Gasteiger partial charge in [-0.1, -0.05) is 63.8 Å². The van der Waals surface area contributed by atoms with E-state index in [2.05, 4.69) is 0 Å². The van der Waals surface area contributed by atoms with Gasteiger partial charge < -0.3 is 0 Å². The number of hydrogen-bond acceptors (Lipinski definition) is 4. The Morgan fingerprint density at radius 2 is 0.727 bits per heavy atom. The van der Waals surface area contributed by atoms with Crippen LogP contribution in [0.15, 0.2) is 0 Å². The van der Waals surface area contributed by atoms with Gasteiger partial charge in [-0.3, -0.25) is 29.0 Å². The highest BCUT2D eigenvalue weighted by Crippen LogP contribution is 2.39. The molecule has 0 spiro atoms. The van der Waals surface area contributed by atoms with E-state index in [1.54, 1.807) is 0 Å². The van der Waals surface area contributed by atoms with Crippen LogP contribution in [0.1, 0.15) is 118 Å². The summed E-state index contributed by atoms with van der Waals surface area (Å²) in [5, 5.41) is 0. The summed E-state index contributed by atoms with van der Waals surface area (Å²) in [6, 6.07) is 0. The Morgan fingerprint density at radius 3 is 0.818 bits per heavy atom. The molecular weight excluding hydrogens is 416 g/mol. The molecular formula is C27H54N2O4. The Hall–Kier alpha value is -1.72. The van der Waals surface area contributed by atoms with Crippen molar-refractivity contribution in [3.05, 3.63) is 0 Å². The van der Waals surface area contributed by atoms with Gasteiger partial charge in [0.15, 0.2) is 0 Å². The summed E-state index contributed by atoms with van der Waals surface area (Å²) < 4.78 is 0. The highest BCUT2D eigenvalue weighted by Gasteiger charge is 2.49. The summed E-state index contributed by atoms with van der Waals surface area (Å²) in [7, 11) is 0. The van der Waals surface area contributed by atoms with E-state index in [0.29, 0.717) is 12.8 Å². The Bertz CT molecular complexity index is 650. The first-order valence-electron chi connectivity index (χ1n) is 10.8. The predicted octanol–water partition coefficient (Wildman–Crippen LogP) is 6.32. The zero-order valence-corrected chi connectivity index (χ0v) is 21.1. The molecule has 6 nitrogen and oxygen atoms in total. The van der Waals surface area contributed by atoms with Crippen molar-refractivity contribution in [1.29, 1.82) is 0 Å². The quantitative estimate of drug-likeness (QED) is 0.388. The second-order valence-corrected chi connectivity index (χ2v) is 12.7. The minimum atomic E-state index is -0.395. The lowest BCUT2D eigenvalue weighted by atomic mass is 9.80. The monoisotopic (exact) mass is 470 g/mol. The largest absolute Gasteiger partial charge is 0.277 e. The zero-order chi connectivity index (χ0) is 24.0. The number of imide groups is 2. The third-order valence-electron chi connectivity index (χ3n) is 5.73. The number of likely N-dealkylation sites (tertiary alicyclic amines) is 2. The van der Waals surface area contributed by atoms with E-state index < -0.39 is 11.1 Å². The normalized spacial score (nSPS) is 21.7. The molecule has 33 heavy (non-hydrogen) atoms. The SMILES string of the molecule is C.C.C.CC(C)(C)C1CC(=O)N(C(C)(C)C)C1=O.CC(C)(C)C1CC(=O)N(C(C)(C)C)C1=O. The highest BCUT2D eigenvalue weighted by atomic mass is 16.2. The first-order chi connectivity index (χ1) is 13.1. The summed E-state index contributed by atoms with van der Waals surface area (Å²) in [5.41, 5.74) is -1.05. The molecule has 2 atom stereocenters. The van der Waals surface area contributed by atoms with Gasteiger partial charge >= 0.3 is 0 Å². The lowest BCUT2D eigenvalue weighted by Gasteiger charge is -2.32. The lowest BCUT2D eigenvalue weighted by Crippen LogP contribution is -2.46. The maximum Gasteiger partial charge on any atom is 0.233 e. The van der Waals surface area contributed by atoms with Crippen LogP contribution in [0.2, 0.25) is 0 Å². The Labute approximate surface area is 204 Å². The van der Waals surface area contributed by atoms with Gasteiger partial charge in [-0.15, -0.1) is 0 Å². The van der Waals surface area contributed by atoms with Crippen LogP contribution in [0.4, 0.5) is 0 Å². The number of hydrogen-bond donors (Lipinski definition) is 0. The van der Waals surface area contributed by atoms with Crippen LogP contribution in [-0.2, 0) is 19.2 Å². The zero-order valence-electron chi connectivity index (χ0n) is 21.1. The van der Waals surface area contributed by atoms with E-state index in [1.165, 1.54) is 9.80 Å². The molecule has 2 fully saturated rings. The van der Waals surface area contributed by atoms with E-state index in [0.717, 1.165) is 0 Å². The van der Waals surface area contributed by atoms with Gasteiger partial charge in [-0.2, -0.15) is 0 Å².